The Morgan fingerprint density at radius 2 is 2.29 bits per heavy atom. The van der Waals surface area contributed by atoms with Crippen molar-refractivity contribution < 1.29 is 19.1 Å². The van der Waals surface area contributed by atoms with Gasteiger partial charge in [-0.2, -0.15) is 0 Å². The van der Waals surface area contributed by atoms with Crippen LogP contribution in [0.15, 0.2) is 28.2 Å². The van der Waals surface area contributed by atoms with Gasteiger partial charge in [0, 0.05) is 18.5 Å². The number of carbonyl (C=O) groups excluding carboxylic acids is 1. The molecule has 110 valence electrons. The van der Waals surface area contributed by atoms with Gasteiger partial charge in [-0.05, 0) is 18.1 Å². The number of aromatic nitrogens is 1. The van der Waals surface area contributed by atoms with Gasteiger partial charge in [-0.3, -0.25) is 9.59 Å². The topological polar surface area (TPSA) is 83.6 Å². The molecule has 2 aromatic rings. The molecule has 21 heavy (non-hydrogen) atoms. The third-order valence-electron chi connectivity index (χ3n) is 3.67. The normalized spacial score (nSPS) is 21.7. The monoisotopic (exact) mass is 306 g/mol. The van der Waals surface area contributed by atoms with Crippen molar-refractivity contribution in [3.05, 3.63) is 29.5 Å². The molecule has 7 heteroatoms. The lowest BCUT2D eigenvalue weighted by atomic mass is 9.99. The number of carboxylic acid groups (broad SMARTS) is 1. The van der Waals surface area contributed by atoms with E-state index in [4.69, 9.17) is 9.52 Å². The Kier molecular flexibility index (Phi) is 3.50. The van der Waals surface area contributed by atoms with Crippen molar-refractivity contribution in [1.29, 1.82) is 0 Å². The fourth-order valence-corrected chi connectivity index (χ4v) is 3.26. The number of carbonyl (C=O) groups is 2. The van der Waals surface area contributed by atoms with E-state index in [9.17, 15) is 9.59 Å². The fourth-order valence-electron chi connectivity index (χ4n) is 2.50. The Morgan fingerprint density at radius 1 is 1.48 bits per heavy atom. The van der Waals surface area contributed by atoms with E-state index in [1.54, 1.807) is 28.7 Å². The zero-order valence-electron chi connectivity index (χ0n) is 11.4. The van der Waals surface area contributed by atoms with Gasteiger partial charge in [-0.25, -0.2) is 4.98 Å². The molecular weight excluding hydrogens is 292 g/mol. The summed E-state index contributed by atoms with van der Waals surface area (Å²) in [4.78, 5) is 29.3. The third-order valence-corrected chi connectivity index (χ3v) is 4.53. The second kappa shape index (κ2) is 5.33. The second-order valence-corrected chi connectivity index (χ2v) is 6.01. The molecule has 6 nitrogen and oxygen atoms in total. The molecule has 1 amide bonds. The predicted molar refractivity (Wildman–Crippen MR) is 76.0 cm³/mol. The van der Waals surface area contributed by atoms with Crippen molar-refractivity contribution in [1.82, 2.24) is 9.88 Å². The average Bonchev–Trinajstić information content (AvgIpc) is 3.17. The molecule has 0 radical (unpaired) electrons. The maximum absolute atomic E-state index is 12.4. The van der Waals surface area contributed by atoms with Gasteiger partial charge in [0.1, 0.15) is 5.69 Å². The summed E-state index contributed by atoms with van der Waals surface area (Å²) in [5, 5.41) is 11.4. The number of likely N-dealkylation sites (tertiary alicyclic amines) is 1. The number of hydrogen-bond acceptors (Lipinski definition) is 5. The Bertz CT molecular complexity index is 664. The highest BCUT2D eigenvalue weighted by Crippen LogP contribution is 2.27. The van der Waals surface area contributed by atoms with Crippen molar-refractivity contribution >= 4 is 23.2 Å². The molecule has 1 N–H and O–H groups in total. The number of thiazole rings is 1. The summed E-state index contributed by atoms with van der Waals surface area (Å²) < 4.78 is 5.25. The van der Waals surface area contributed by atoms with Crippen LogP contribution >= 0.6 is 11.3 Å². The van der Waals surface area contributed by atoms with E-state index in [2.05, 4.69) is 4.98 Å². The minimum absolute atomic E-state index is 0.0466. The van der Waals surface area contributed by atoms with E-state index in [1.807, 2.05) is 6.92 Å². The molecule has 2 aromatic heterocycles. The van der Waals surface area contributed by atoms with Gasteiger partial charge >= 0.3 is 5.97 Å². The van der Waals surface area contributed by atoms with Gasteiger partial charge in [0.05, 0.1) is 12.2 Å². The first kappa shape index (κ1) is 13.8. The van der Waals surface area contributed by atoms with Gasteiger partial charge < -0.3 is 14.4 Å². The highest BCUT2D eigenvalue weighted by Gasteiger charge is 2.37. The molecule has 0 aliphatic carbocycles. The predicted octanol–water partition coefficient (Wildman–Crippen LogP) is 2.20. The van der Waals surface area contributed by atoms with Crippen LogP contribution < -0.4 is 0 Å². The molecule has 0 unspecified atom stereocenters. The number of hydrogen-bond donors (Lipinski definition) is 1. The van der Waals surface area contributed by atoms with E-state index >= 15 is 0 Å². The summed E-state index contributed by atoms with van der Waals surface area (Å²) in [6, 6.07) is 3.54. The lowest BCUT2D eigenvalue weighted by molar-refractivity contribution is -0.142. The zero-order valence-corrected chi connectivity index (χ0v) is 12.2. The number of amides is 1. The Morgan fingerprint density at radius 3 is 2.90 bits per heavy atom. The van der Waals surface area contributed by atoms with Crippen LogP contribution in [0.1, 0.15) is 17.4 Å². The standard InChI is InChI=1S/C14H14N2O4S/c1-8-5-16(6-9(8)14(18)19)13(17)10-7-21-12(15-10)11-3-2-4-20-11/h2-4,7-9H,5-6H2,1H3,(H,18,19)/t8-,9-/m1/s1. The molecule has 1 aliphatic rings. The fraction of sp³-hybridized carbons (Fsp3) is 0.357. The largest absolute Gasteiger partial charge is 0.481 e. The average molecular weight is 306 g/mol. The molecular formula is C14H14N2O4S. The zero-order chi connectivity index (χ0) is 15.0. The quantitative estimate of drug-likeness (QED) is 0.939. The second-order valence-electron chi connectivity index (χ2n) is 5.15. The highest BCUT2D eigenvalue weighted by atomic mass is 32.1. The number of carboxylic acids is 1. The van der Waals surface area contributed by atoms with Crippen molar-refractivity contribution in [2.24, 2.45) is 11.8 Å². The summed E-state index contributed by atoms with van der Waals surface area (Å²) in [6.45, 7) is 2.54. The van der Waals surface area contributed by atoms with Crippen LogP contribution in [0.2, 0.25) is 0 Å². The van der Waals surface area contributed by atoms with Gasteiger partial charge in [0.2, 0.25) is 0 Å². The van der Waals surface area contributed by atoms with Crippen molar-refractivity contribution in [2.45, 2.75) is 6.92 Å². The summed E-state index contributed by atoms with van der Waals surface area (Å²) in [7, 11) is 0. The van der Waals surface area contributed by atoms with E-state index in [1.165, 1.54) is 11.3 Å². The summed E-state index contributed by atoms with van der Waals surface area (Å²) in [5.74, 6) is -1.00. The van der Waals surface area contributed by atoms with Crippen LogP contribution in [0.3, 0.4) is 0 Å². The maximum atomic E-state index is 12.4. The Balaban J connectivity index is 1.76. The van der Waals surface area contributed by atoms with E-state index in [0.29, 0.717) is 23.0 Å². The van der Waals surface area contributed by atoms with Gasteiger partial charge in [-0.1, -0.05) is 6.92 Å². The first-order valence-electron chi connectivity index (χ1n) is 6.57. The summed E-state index contributed by atoms with van der Waals surface area (Å²) in [5.41, 5.74) is 0.338. The summed E-state index contributed by atoms with van der Waals surface area (Å²) in [6.07, 6.45) is 1.55. The first-order valence-corrected chi connectivity index (χ1v) is 7.45. The minimum atomic E-state index is -0.854. The maximum Gasteiger partial charge on any atom is 0.308 e. The lowest BCUT2D eigenvalue weighted by Crippen LogP contribution is -2.30. The Hall–Kier alpha value is -2.15. The molecule has 3 rings (SSSR count). The molecule has 3 heterocycles. The van der Waals surface area contributed by atoms with Gasteiger partial charge in [-0.15, -0.1) is 11.3 Å². The van der Waals surface area contributed by atoms with Crippen molar-refractivity contribution in [3.8, 4) is 10.8 Å². The molecule has 2 atom stereocenters. The third kappa shape index (κ3) is 2.56. The smallest absolute Gasteiger partial charge is 0.308 e. The van der Waals surface area contributed by atoms with Crippen LogP contribution in [-0.2, 0) is 4.79 Å². The van der Waals surface area contributed by atoms with E-state index < -0.39 is 11.9 Å². The van der Waals surface area contributed by atoms with E-state index in [-0.39, 0.29) is 18.4 Å². The Labute approximate surface area is 125 Å². The number of nitrogens with zero attached hydrogens (tertiary/aromatic N) is 2. The first-order chi connectivity index (χ1) is 10.1. The number of aliphatic carboxylic acids is 1. The minimum Gasteiger partial charge on any atom is -0.481 e. The van der Waals surface area contributed by atoms with Crippen LogP contribution in [0.25, 0.3) is 10.8 Å². The van der Waals surface area contributed by atoms with Crippen LogP contribution in [0, 0.1) is 11.8 Å². The molecule has 1 aliphatic heterocycles. The van der Waals surface area contributed by atoms with Crippen molar-refractivity contribution in [2.75, 3.05) is 13.1 Å². The van der Waals surface area contributed by atoms with Crippen molar-refractivity contribution in [3.63, 3.8) is 0 Å². The highest BCUT2D eigenvalue weighted by molar-refractivity contribution is 7.13. The van der Waals surface area contributed by atoms with Gasteiger partial charge in [0.15, 0.2) is 10.8 Å². The van der Waals surface area contributed by atoms with Crippen LogP contribution in [0.4, 0.5) is 0 Å². The van der Waals surface area contributed by atoms with Crippen LogP contribution in [0.5, 0.6) is 0 Å². The van der Waals surface area contributed by atoms with Gasteiger partial charge in [0.25, 0.3) is 5.91 Å². The molecule has 0 aromatic carbocycles. The molecule has 1 saturated heterocycles. The molecule has 0 spiro atoms. The lowest BCUT2D eigenvalue weighted by Gasteiger charge is -2.13. The molecule has 0 saturated carbocycles. The molecule has 1 fully saturated rings. The SMILES string of the molecule is C[C@@H]1CN(C(=O)c2csc(-c3ccco3)n2)C[C@H]1C(=O)O. The number of rotatable bonds is 3. The summed E-state index contributed by atoms with van der Waals surface area (Å²) >= 11 is 1.33. The van der Waals surface area contributed by atoms with E-state index in [0.717, 1.165) is 0 Å². The van der Waals surface area contributed by atoms with Crippen LogP contribution in [-0.4, -0.2) is 40.0 Å². The number of furan rings is 1. The molecule has 0 bridgehead atoms.